The standard InChI is InChI=1S/C29H28F2N2O2/c1-18-10-11-33(17-18)28(34)21-7-9-23(24-8-4-19(12-27(24)31)15-29(2,3)35)25(13-21)20-5-6-22(16-32)26(30)14-20/h4-9,12-14,18,35H,10-11,15,17H2,1-3H3/t18-/m0/s1. The second kappa shape index (κ2) is 9.59. The molecule has 1 aliphatic heterocycles. The van der Waals surface area contributed by atoms with E-state index < -0.39 is 17.2 Å². The van der Waals surface area contributed by atoms with Crippen LogP contribution in [-0.2, 0) is 6.42 Å². The smallest absolute Gasteiger partial charge is 0.253 e. The summed E-state index contributed by atoms with van der Waals surface area (Å²) in [6.45, 7) is 6.78. The summed E-state index contributed by atoms with van der Waals surface area (Å²) < 4.78 is 29.8. The van der Waals surface area contributed by atoms with Crippen molar-refractivity contribution < 1.29 is 18.7 Å². The Morgan fingerprint density at radius 1 is 1.06 bits per heavy atom. The lowest BCUT2D eigenvalue weighted by Crippen LogP contribution is -2.28. The first-order chi connectivity index (χ1) is 16.6. The molecule has 1 aliphatic rings. The highest BCUT2D eigenvalue weighted by atomic mass is 19.1. The van der Waals surface area contributed by atoms with Gasteiger partial charge in [0.1, 0.15) is 17.7 Å². The number of benzene rings is 3. The van der Waals surface area contributed by atoms with E-state index in [1.165, 1.54) is 18.2 Å². The fourth-order valence-electron chi connectivity index (χ4n) is 4.61. The molecule has 180 valence electrons. The average molecular weight is 475 g/mol. The zero-order valence-corrected chi connectivity index (χ0v) is 20.1. The number of hydrogen-bond donors (Lipinski definition) is 1. The number of rotatable bonds is 5. The maximum absolute atomic E-state index is 15.3. The van der Waals surface area contributed by atoms with Gasteiger partial charge in [-0.25, -0.2) is 8.78 Å². The van der Waals surface area contributed by atoms with Crippen molar-refractivity contribution in [3.63, 3.8) is 0 Å². The average Bonchev–Trinajstić information content (AvgIpc) is 3.23. The Hall–Kier alpha value is -3.56. The van der Waals surface area contributed by atoms with Gasteiger partial charge >= 0.3 is 0 Å². The summed E-state index contributed by atoms with van der Waals surface area (Å²) in [6.07, 6.45) is 1.24. The second-order valence-electron chi connectivity index (χ2n) is 10.0. The number of aliphatic hydroxyl groups is 1. The molecule has 0 aromatic heterocycles. The Kier molecular flexibility index (Phi) is 6.73. The van der Waals surface area contributed by atoms with E-state index in [4.69, 9.17) is 5.26 Å². The number of nitriles is 1. The zero-order chi connectivity index (χ0) is 25.3. The summed E-state index contributed by atoms with van der Waals surface area (Å²) in [5.74, 6) is -0.837. The van der Waals surface area contributed by atoms with E-state index in [0.29, 0.717) is 58.8 Å². The molecular weight excluding hydrogens is 446 g/mol. The molecule has 1 amide bonds. The normalized spacial score (nSPS) is 15.8. The molecule has 0 bridgehead atoms. The van der Waals surface area contributed by atoms with Gasteiger partial charge in [-0.1, -0.05) is 31.2 Å². The van der Waals surface area contributed by atoms with Gasteiger partial charge in [0.25, 0.3) is 5.91 Å². The summed E-state index contributed by atoms with van der Waals surface area (Å²) >= 11 is 0. The summed E-state index contributed by atoms with van der Waals surface area (Å²) in [4.78, 5) is 14.9. The van der Waals surface area contributed by atoms with Crippen molar-refractivity contribution in [3.8, 4) is 28.3 Å². The van der Waals surface area contributed by atoms with Crippen molar-refractivity contribution in [1.29, 1.82) is 5.26 Å². The number of hydrogen-bond acceptors (Lipinski definition) is 3. The summed E-state index contributed by atoms with van der Waals surface area (Å²) in [5.41, 5.74) is 1.79. The van der Waals surface area contributed by atoms with Crippen molar-refractivity contribution in [2.75, 3.05) is 13.1 Å². The van der Waals surface area contributed by atoms with Crippen molar-refractivity contribution in [2.24, 2.45) is 5.92 Å². The third-order valence-corrected chi connectivity index (χ3v) is 6.34. The zero-order valence-electron chi connectivity index (χ0n) is 20.1. The maximum atomic E-state index is 15.3. The van der Waals surface area contributed by atoms with E-state index in [1.807, 2.05) is 6.07 Å². The predicted octanol–water partition coefficient (Wildman–Crippen LogP) is 5.97. The minimum Gasteiger partial charge on any atom is -0.390 e. The van der Waals surface area contributed by atoms with Crippen LogP contribution in [0.4, 0.5) is 8.78 Å². The number of halogens is 2. The molecule has 1 heterocycles. The Labute approximate surface area is 204 Å². The minimum atomic E-state index is -0.978. The van der Waals surface area contributed by atoms with Gasteiger partial charge in [-0.05, 0) is 78.8 Å². The Balaban J connectivity index is 1.82. The van der Waals surface area contributed by atoms with E-state index in [2.05, 4.69) is 6.92 Å². The maximum Gasteiger partial charge on any atom is 0.253 e. The largest absolute Gasteiger partial charge is 0.390 e. The lowest BCUT2D eigenvalue weighted by Gasteiger charge is -2.19. The molecule has 0 saturated carbocycles. The van der Waals surface area contributed by atoms with Gasteiger partial charge in [-0.3, -0.25) is 4.79 Å². The minimum absolute atomic E-state index is 0.0873. The van der Waals surface area contributed by atoms with Crippen LogP contribution < -0.4 is 0 Å². The monoisotopic (exact) mass is 474 g/mol. The van der Waals surface area contributed by atoms with Crippen LogP contribution in [0.1, 0.15) is 48.7 Å². The highest BCUT2D eigenvalue weighted by Gasteiger charge is 2.25. The van der Waals surface area contributed by atoms with Crippen LogP contribution in [0, 0.1) is 28.9 Å². The summed E-state index contributed by atoms with van der Waals surface area (Å²) in [6, 6.07) is 15.9. The predicted molar refractivity (Wildman–Crippen MR) is 132 cm³/mol. The first-order valence-electron chi connectivity index (χ1n) is 11.7. The molecule has 4 rings (SSSR count). The van der Waals surface area contributed by atoms with Crippen LogP contribution in [0.5, 0.6) is 0 Å². The van der Waals surface area contributed by atoms with E-state index >= 15 is 4.39 Å². The van der Waals surface area contributed by atoms with Gasteiger partial charge in [0.2, 0.25) is 0 Å². The lowest BCUT2D eigenvalue weighted by atomic mass is 9.90. The van der Waals surface area contributed by atoms with Crippen LogP contribution >= 0.6 is 0 Å². The third kappa shape index (κ3) is 5.41. The molecule has 1 atom stereocenters. The molecule has 0 spiro atoms. The van der Waals surface area contributed by atoms with E-state index in [1.54, 1.807) is 55.1 Å². The van der Waals surface area contributed by atoms with Crippen molar-refractivity contribution in [2.45, 2.75) is 39.2 Å². The molecule has 4 nitrogen and oxygen atoms in total. The van der Waals surface area contributed by atoms with Gasteiger partial charge in [0, 0.05) is 30.6 Å². The van der Waals surface area contributed by atoms with Crippen LogP contribution in [0.3, 0.4) is 0 Å². The molecular formula is C29H28F2N2O2. The van der Waals surface area contributed by atoms with Crippen molar-refractivity contribution in [3.05, 3.63) is 82.9 Å². The van der Waals surface area contributed by atoms with Gasteiger partial charge in [0.15, 0.2) is 0 Å². The molecule has 1 N–H and O–H groups in total. The van der Waals surface area contributed by atoms with Crippen LogP contribution in [0.2, 0.25) is 0 Å². The highest BCUT2D eigenvalue weighted by molar-refractivity contribution is 5.98. The van der Waals surface area contributed by atoms with Crippen molar-refractivity contribution in [1.82, 2.24) is 4.90 Å². The number of amides is 1. The molecule has 0 unspecified atom stereocenters. The first-order valence-corrected chi connectivity index (χ1v) is 11.7. The van der Waals surface area contributed by atoms with E-state index in [0.717, 1.165) is 6.42 Å². The third-order valence-electron chi connectivity index (χ3n) is 6.34. The van der Waals surface area contributed by atoms with Gasteiger partial charge in [0.05, 0.1) is 11.2 Å². The van der Waals surface area contributed by atoms with Crippen molar-refractivity contribution >= 4 is 5.91 Å². The first kappa shape index (κ1) is 24.6. The van der Waals surface area contributed by atoms with Crippen LogP contribution in [-0.4, -0.2) is 34.6 Å². The van der Waals surface area contributed by atoms with Gasteiger partial charge < -0.3 is 10.0 Å². The molecule has 0 aliphatic carbocycles. The molecule has 3 aromatic carbocycles. The molecule has 1 saturated heterocycles. The van der Waals surface area contributed by atoms with E-state index in [-0.39, 0.29) is 11.5 Å². The molecule has 1 fully saturated rings. The molecule has 0 radical (unpaired) electrons. The fourth-order valence-corrected chi connectivity index (χ4v) is 4.61. The number of carbonyl (C=O) groups excluding carboxylic acids is 1. The van der Waals surface area contributed by atoms with E-state index in [9.17, 15) is 14.3 Å². The molecule has 3 aromatic rings. The second-order valence-corrected chi connectivity index (χ2v) is 10.0. The Bertz CT molecular complexity index is 1320. The van der Waals surface area contributed by atoms with Crippen LogP contribution in [0.25, 0.3) is 22.3 Å². The van der Waals surface area contributed by atoms with Gasteiger partial charge in [-0.15, -0.1) is 0 Å². The summed E-state index contributed by atoms with van der Waals surface area (Å²) in [5, 5.41) is 19.2. The lowest BCUT2D eigenvalue weighted by molar-refractivity contribution is 0.0786. The quantitative estimate of drug-likeness (QED) is 0.496. The SMILES string of the molecule is C[C@H]1CCN(C(=O)c2ccc(-c3ccc(CC(C)(C)O)cc3F)c(-c3ccc(C#N)c(F)c3)c2)C1. The fraction of sp³-hybridized carbons (Fsp3) is 0.310. The van der Waals surface area contributed by atoms with Gasteiger partial charge in [-0.2, -0.15) is 5.26 Å². The number of nitrogens with zero attached hydrogens (tertiary/aromatic N) is 2. The number of carbonyl (C=O) groups is 1. The van der Waals surface area contributed by atoms with Crippen LogP contribution in [0.15, 0.2) is 54.6 Å². The topological polar surface area (TPSA) is 64.3 Å². The molecule has 35 heavy (non-hydrogen) atoms. The molecule has 6 heteroatoms. The Morgan fingerprint density at radius 2 is 1.80 bits per heavy atom. The summed E-state index contributed by atoms with van der Waals surface area (Å²) in [7, 11) is 0. The number of likely N-dealkylation sites (tertiary alicyclic amines) is 1. The Morgan fingerprint density at radius 3 is 2.40 bits per heavy atom. The highest BCUT2D eigenvalue weighted by Crippen LogP contribution is 2.36.